The molecule has 8 heteroatoms. The Morgan fingerprint density at radius 3 is 2.26 bits per heavy atom. The van der Waals surface area contributed by atoms with Gasteiger partial charge in [-0.1, -0.05) is 18.2 Å². The molecule has 7 nitrogen and oxygen atoms in total. The second-order valence-electron chi connectivity index (χ2n) is 5.58. The van der Waals surface area contributed by atoms with Crippen molar-refractivity contribution in [2.24, 2.45) is 0 Å². The fourth-order valence-electron chi connectivity index (χ4n) is 2.29. The van der Waals surface area contributed by atoms with E-state index in [1.165, 1.54) is 24.3 Å². The van der Waals surface area contributed by atoms with Gasteiger partial charge in [0.05, 0.1) is 16.2 Å². The van der Waals surface area contributed by atoms with Gasteiger partial charge in [-0.15, -0.1) is 0 Å². The summed E-state index contributed by atoms with van der Waals surface area (Å²) in [6.45, 7) is -0.408. The van der Waals surface area contributed by atoms with Gasteiger partial charge in [-0.3, -0.25) is 9.52 Å². The highest BCUT2D eigenvalue weighted by atomic mass is 32.2. The van der Waals surface area contributed by atoms with Crippen LogP contribution in [-0.4, -0.2) is 31.8 Å². The van der Waals surface area contributed by atoms with Crippen LogP contribution in [0, 0.1) is 0 Å². The fraction of sp³-hybridized carbons (Fsp3) is 0.0526. The minimum Gasteiger partial charge on any atom is -0.454 e. The fourth-order valence-corrected chi connectivity index (χ4v) is 3.35. The number of benzene rings is 2. The first-order valence-corrected chi connectivity index (χ1v) is 9.46. The zero-order chi connectivity index (χ0) is 19.3. The molecule has 1 heterocycles. The normalized spacial score (nSPS) is 11.0. The lowest BCUT2D eigenvalue weighted by molar-refractivity contribution is 0.0473. The smallest absolute Gasteiger partial charge is 0.338 e. The molecule has 0 spiro atoms. The van der Waals surface area contributed by atoms with Crippen LogP contribution in [0.4, 0.5) is 5.69 Å². The SMILES string of the molecule is O=C(OCC(=O)c1ccc[nH]1)c1ccc(S(=O)(=O)Nc2ccccc2)cc1. The van der Waals surface area contributed by atoms with E-state index >= 15 is 0 Å². The number of sulfonamides is 1. The van der Waals surface area contributed by atoms with Crippen molar-refractivity contribution in [2.75, 3.05) is 11.3 Å². The van der Waals surface area contributed by atoms with Crippen LogP contribution in [-0.2, 0) is 14.8 Å². The van der Waals surface area contributed by atoms with Crippen molar-refractivity contribution in [1.29, 1.82) is 0 Å². The van der Waals surface area contributed by atoms with E-state index in [1.54, 1.807) is 48.7 Å². The number of para-hydroxylation sites is 1. The maximum absolute atomic E-state index is 12.4. The molecule has 2 N–H and O–H groups in total. The van der Waals surface area contributed by atoms with E-state index in [9.17, 15) is 18.0 Å². The molecule has 3 aromatic rings. The molecule has 0 aliphatic carbocycles. The van der Waals surface area contributed by atoms with Crippen molar-refractivity contribution in [1.82, 2.24) is 4.98 Å². The van der Waals surface area contributed by atoms with Crippen LogP contribution >= 0.6 is 0 Å². The van der Waals surface area contributed by atoms with Gasteiger partial charge in [0.15, 0.2) is 6.61 Å². The Hall–Kier alpha value is -3.39. The van der Waals surface area contributed by atoms with E-state index in [4.69, 9.17) is 4.74 Å². The summed E-state index contributed by atoms with van der Waals surface area (Å²) in [5.41, 5.74) is 0.924. The van der Waals surface area contributed by atoms with Crippen molar-refractivity contribution in [3.05, 3.63) is 84.2 Å². The van der Waals surface area contributed by atoms with Gasteiger partial charge in [-0.05, 0) is 48.5 Å². The summed E-state index contributed by atoms with van der Waals surface area (Å²) in [5.74, 6) is -1.07. The van der Waals surface area contributed by atoms with Crippen molar-refractivity contribution in [2.45, 2.75) is 4.90 Å². The summed E-state index contributed by atoms with van der Waals surface area (Å²) < 4.78 is 32.1. The number of H-pyrrole nitrogens is 1. The van der Waals surface area contributed by atoms with Crippen LogP contribution in [0.1, 0.15) is 20.8 Å². The molecule has 0 aliphatic heterocycles. The van der Waals surface area contributed by atoms with E-state index in [0.717, 1.165) is 0 Å². The summed E-state index contributed by atoms with van der Waals surface area (Å²) >= 11 is 0. The number of esters is 1. The summed E-state index contributed by atoms with van der Waals surface area (Å²) in [6, 6.07) is 17.0. The van der Waals surface area contributed by atoms with Gasteiger partial charge in [-0.2, -0.15) is 0 Å². The molecule has 0 fully saturated rings. The molecule has 2 aromatic carbocycles. The summed E-state index contributed by atoms with van der Waals surface area (Å²) in [4.78, 5) is 26.6. The van der Waals surface area contributed by atoms with Gasteiger partial charge in [0, 0.05) is 11.9 Å². The lowest BCUT2D eigenvalue weighted by Gasteiger charge is -2.08. The first kappa shape index (κ1) is 18.4. The van der Waals surface area contributed by atoms with E-state index < -0.39 is 22.6 Å². The van der Waals surface area contributed by atoms with E-state index in [0.29, 0.717) is 11.4 Å². The van der Waals surface area contributed by atoms with Gasteiger partial charge in [0.25, 0.3) is 10.0 Å². The summed E-state index contributed by atoms with van der Waals surface area (Å²) in [6.07, 6.45) is 1.59. The summed E-state index contributed by atoms with van der Waals surface area (Å²) in [7, 11) is -3.77. The number of hydrogen-bond acceptors (Lipinski definition) is 5. The van der Waals surface area contributed by atoms with Gasteiger partial charge in [-0.25, -0.2) is 13.2 Å². The average molecular weight is 384 g/mol. The van der Waals surface area contributed by atoms with Gasteiger partial charge in [0.1, 0.15) is 0 Å². The molecule has 0 saturated heterocycles. The van der Waals surface area contributed by atoms with Crippen LogP contribution in [0.5, 0.6) is 0 Å². The molecule has 0 bridgehead atoms. The van der Waals surface area contributed by atoms with Gasteiger partial charge < -0.3 is 9.72 Å². The molecule has 0 atom stereocenters. The molecule has 0 aliphatic rings. The first-order valence-electron chi connectivity index (χ1n) is 7.97. The number of anilines is 1. The van der Waals surface area contributed by atoms with E-state index in [2.05, 4.69) is 9.71 Å². The van der Waals surface area contributed by atoms with Crippen LogP contribution in [0.25, 0.3) is 0 Å². The van der Waals surface area contributed by atoms with Gasteiger partial charge in [0.2, 0.25) is 5.78 Å². The Labute approximate surface area is 156 Å². The van der Waals surface area contributed by atoms with Crippen LogP contribution in [0.15, 0.2) is 77.8 Å². The number of ether oxygens (including phenoxy) is 1. The number of ketones is 1. The van der Waals surface area contributed by atoms with Crippen LogP contribution in [0.3, 0.4) is 0 Å². The largest absolute Gasteiger partial charge is 0.454 e. The topological polar surface area (TPSA) is 105 Å². The molecule has 138 valence electrons. The molecular weight excluding hydrogens is 368 g/mol. The average Bonchev–Trinajstić information content (AvgIpc) is 3.21. The standard InChI is InChI=1S/C19H16N2O5S/c22-18(17-7-4-12-20-17)13-26-19(23)14-8-10-16(11-9-14)27(24,25)21-15-5-2-1-3-6-15/h1-12,20-21H,13H2. The van der Waals surface area contributed by atoms with E-state index in [1.807, 2.05) is 0 Å². The van der Waals surface area contributed by atoms with Crippen LogP contribution < -0.4 is 4.72 Å². The first-order chi connectivity index (χ1) is 13.0. The Balaban J connectivity index is 1.64. The van der Waals surface area contributed by atoms with Crippen molar-refractivity contribution in [3.63, 3.8) is 0 Å². The molecule has 27 heavy (non-hydrogen) atoms. The Morgan fingerprint density at radius 2 is 1.63 bits per heavy atom. The highest BCUT2D eigenvalue weighted by Gasteiger charge is 2.16. The lowest BCUT2D eigenvalue weighted by Crippen LogP contribution is -2.15. The Bertz CT molecular complexity index is 1030. The minimum absolute atomic E-state index is 0.00497. The second kappa shape index (κ2) is 7.88. The second-order valence-corrected chi connectivity index (χ2v) is 7.26. The number of aromatic amines is 1. The van der Waals surface area contributed by atoms with E-state index in [-0.39, 0.29) is 16.2 Å². The molecule has 0 unspecified atom stereocenters. The molecular formula is C19H16N2O5S. The van der Waals surface area contributed by atoms with Gasteiger partial charge >= 0.3 is 5.97 Å². The summed E-state index contributed by atoms with van der Waals surface area (Å²) in [5, 5.41) is 0. The Morgan fingerprint density at radius 1 is 0.926 bits per heavy atom. The predicted octanol–water partition coefficient (Wildman–Crippen LogP) is 2.86. The minimum atomic E-state index is -3.77. The van der Waals surface area contributed by atoms with Crippen molar-refractivity contribution in [3.8, 4) is 0 Å². The molecule has 3 rings (SSSR count). The molecule has 0 radical (unpaired) electrons. The maximum Gasteiger partial charge on any atom is 0.338 e. The Kier molecular flexibility index (Phi) is 5.37. The van der Waals surface area contributed by atoms with Crippen molar-refractivity contribution < 1.29 is 22.7 Å². The number of aromatic nitrogens is 1. The van der Waals surface area contributed by atoms with Crippen LogP contribution in [0.2, 0.25) is 0 Å². The highest BCUT2D eigenvalue weighted by Crippen LogP contribution is 2.16. The number of carbonyl (C=O) groups is 2. The number of carbonyl (C=O) groups excluding carboxylic acids is 2. The van der Waals surface area contributed by atoms with Crippen molar-refractivity contribution >= 4 is 27.5 Å². The predicted molar refractivity (Wildman–Crippen MR) is 99.1 cm³/mol. The molecule has 1 aromatic heterocycles. The number of rotatable bonds is 7. The third-order valence-corrected chi connectivity index (χ3v) is 5.06. The number of nitrogens with one attached hydrogen (secondary N) is 2. The molecule has 0 amide bonds. The molecule has 0 saturated carbocycles. The monoisotopic (exact) mass is 384 g/mol. The quantitative estimate of drug-likeness (QED) is 0.481. The maximum atomic E-state index is 12.4. The third kappa shape index (κ3) is 4.62. The third-order valence-electron chi connectivity index (χ3n) is 3.66. The lowest BCUT2D eigenvalue weighted by atomic mass is 10.2. The highest BCUT2D eigenvalue weighted by molar-refractivity contribution is 7.92. The zero-order valence-corrected chi connectivity index (χ0v) is 14.9. The zero-order valence-electron chi connectivity index (χ0n) is 14.1. The number of hydrogen-bond donors (Lipinski definition) is 2. The number of Topliss-reactive ketones (excluding diaryl/α,β-unsaturated/α-hetero) is 1.